The smallest absolute Gasteiger partial charge is 0.240 e. The normalized spacial score (nSPS) is 21.9. The molecule has 0 bridgehead atoms. The van der Waals surface area contributed by atoms with Crippen LogP contribution >= 0.6 is 0 Å². The third-order valence-corrected chi connectivity index (χ3v) is 4.85. The van der Waals surface area contributed by atoms with Crippen molar-refractivity contribution in [3.8, 4) is 0 Å². The fourth-order valence-corrected chi connectivity index (χ4v) is 3.19. The van der Waals surface area contributed by atoms with E-state index in [1.54, 1.807) is 6.92 Å². The van der Waals surface area contributed by atoms with Gasteiger partial charge in [0.1, 0.15) is 0 Å². The molecule has 0 saturated carbocycles. The summed E-state index contributed by atoms with van der Waals surface area (Å²) in [7, 11) is -3.12. The van der Waals surface area contributed by atoms with Crippen molar-refractivity contribution in [2.24, 2.45) is 5.73 Å². The highest BCUT2D eigenvalue weighted by atomic mass is 32.2. The maximum atomic E-state index is 12.0. The highest BCUT2D eigenvalue weighted by Gasteiger charge is 2.31. The van der Waals surface area contributed by atoms with E-state index in [0.29, 0.717) is 32.4 Å². The molecule has 19 heavy (non-hydrogen) atoms. The Morgan fingerprint density at radius 1 is 1.42 bits per heavy atom. The first-order valence-electron chi connectivity index (χ1n) is 6.72. The van der Waals surface area contributed by atoms with Gasteiger partial charge in [-0.1, -0.05) is 13.3 Å². The molecule has 0 aromatic heterocycles. The fourth-order valence-electron chi connectivity index (χ4n) is 2.31. The molecule has 0 spiro atoms. The Kier molecular flexibility index (Phi) is 5.34. The zero-order chi connectivity index (χ0) is 14.7. The van der Waals surface area contributed by atoms with Gasteiger partial charge in [-0.25, -0.2) is 12.7 Å². The molecule has 0 aliphatic carbocycles. The molecule has 1 atom stereocenters. The molecule has 1 saturated heterocycles. The monoisotopic (exact) mass is 291 g/mol. The number of hydrogen-bond donors (Lipinski definition) is 2. The van der Waals surface area contributed by atoms with E-state index in [4.69, 9.17) is 5.73 Å². The minimum atomic E-state index is -3.12. The van der Waals surface area contributed by atoms with Crippen LogP contribution in [0.25, 0.3) is 0 Å². The van der Waals surface area contributed by atoms with Gasteiger partial charge in [0.15, 0.2) is 0 Å². The molecule has 6 nitrogen and oxygen atoms in total. The van der Waals surface area contributed by atoms with Crippen LogP contribution in [0, 0.1) is 0 Å². The van der Waals surface area contributed by atoms with Crippen LogP contribution in [0.3, 0.4) is 0 Å². The van der Waals surface area contributed by atoms with Gasteiger partial charge in [0, 0.05) is 19.1 Å². The highest BCUT2D eigenvalue weighted by Crippen LogP contribution is 2.15. The fraction of sp³-hybridized carbons (Fsp3) is 0.917. The molecule has 3 N–H and O–H groups in total. The average molecular weight is 291 g/mol. The van der Waals surface area contributed by atoms with Crippen molar-refractivity contribution in [2.45, 2.75) is 51.1 Å². The van der Waals surface area contributed by atoms with Gasteiger partial charge in [-0.05, 0) is 26.2 Å². The molecule has 0 aromatic rings. The predicted octanol–water partition coefficient (Wildman–Crippen LogP) is 0.0441. The van der Waals surface area contributed by atoms with Gasteiger partial charge in [-0.3, -0.25) is 4.79 Å². The van der Waals surface area contributed by atoms with Crippen LogP contribution in [0.4, 0.5) is 0 Å². The topological polar surface area (TPSA) is 92.5 Å². The number of sulfonamides is 1. The first-order chi connectivity index (χ1) is 8.66. The first-order valence-corrected chi connectivity index (χ1v) is 8.56. The summed E-state index contributed by atoms with van der Waals surface area (Å²) in [5, 5.41) is 2.93. The van der Waals surface area contributed by atoms with Crippen molar-refractivity contribution < 1.29 is 13.2 Å². The molecular weight excluding hydrogens is 266 g/mol. The number of nitrogens with two attached hydrogens (primary N) is 1. The number of hydrogen-bond acceptors (Lipinski definition) is 4. The number of nitrogens with zero attached hydrogens (tertiary/aromatic N) is 1. The lowest BCUT2D eigenvalue weighted by Crippen LogP contribution is -2.56. The Morgan fingerprint density at radius 2 is 1.95 bits per heavy atom. The van der Waals surface area contributed by atoms with Gasteiger partial charge < -0.3 is 11.1 Å². The van der Waals surface area contributed by atoms with Crippen LogP contribution in [-0.2, 0) is 14.8 Å². The van der Waals surface area contributed by atoms with Crippen molar-refractivity contribution in [3.05, 3.63) is 0 Å². The Balaban J connectivity index is 2.47. The highest BCUT2D eigenvalue weighted by molar-refractivity contribution is 7.88. The number of rotatable bonds is 5. The third-order valence-electron chi connectivity index (χ3n) is 3.55. The maximum Gasteiger partial charge on any atom is 0.240 e. The van der Waals surface area contributed by atoms with Crippen LogP contribution in [0.15, 0.2) is 0 Å². The largest absolute Gasteiger partial charge is 0.352 e. The number of amides is 1. The van der Waals surface area contributed by atoms with E-state index in [2.05, 4.69) is 5.32 Å². The summed E-state index contributed by atoms with van der Waals surface area (Å²) in [6, 6.07) is 0.0187. The van der Waals surface area contributed by atoms with Crippen LogP contribution < -0.4 is 11.1 Å². The molecule has 112 valence electrons. The van der Waals surface area contributed by atoms with E-state index in [1.165, 1.54) is 10.6 Å². The minimum absolute atomic E-state index is 0.0187. The lowest BCUT2D eigenvalue weighted by atomic mass is 9.95. The Labute approximate surface area is 115 Å². The average Bonchev–Trinajstić information content (AvgIpc) is 2.28. The number of carbonyl (C=O) groups excluding carboxylic acids is 1. The van der Waals surface area contributed by atoms with E-state index in [-0.39, 0.29) is 11.9 Å². The minimum Gasteiger partial charge on any atom is -0.352 e. The lowest BCUT2D eigenvalue weighted by molar-refractivity contribution is -0.127. The first kappa shape index (κ1) is 16.4. The Bertz CT molecular complexity index is 412. The summed E-state index contributed by atoms with van der Waals surface area (Å²) in [6.07, 6.45) is 3.99. The molecule has 1 amide bonds. The number of carbonyl (C=O) groups is 1. The molecule has 7 heteroatoms. The zero-order valence-corrected chi connectivity index (χ0v) is 12.8. The maximum absolute atomic E-state index is 12.0. The zero-order valence-electron chi connectivity index (χ0n) is 12.0. The van der Waals surface area contributed by atoms with Gasteiger partial charge in [-0.15, -0.1) is 0 Å². The van der Waals surface area contributed by atoms with Crippen molar-refractivity contribution in [3.63, 3.8) is 0 Å². The van der Waals surface area contributed by atoms with E-state index in [1.807, 2.05) is 6.92 Å². The quantitative estimate of drug-likeness (QED) is 0.748. The second-order valence-electron chi connectivity index (χ2n) is 5.58. The second kappa shape index (κ2) is 6.19. The Morgan fingerprint density at radius 3 is 2.37 bits per heavy atom. The molecule has 1 rings (SSSR count). The molecule has 1 aliphatic heterocycles. The van der Waals surface area contributed by atoms with Crippen molar-refractivity contribution in [2.75, 3.05) is 19.3 Å². The second-order valence-corrected chi connectivity index (χ2v) is 7.56. The standard InChI is InChI=1S/C12H25N3O3S/c1-4-7-12(2,13)11(16)14-10-5-8-15(9-6-10)19(3,17)18/h10H,4-9,13H2,1-3H3,(H,14,16). The summed E-state index contributed by atoms with van der Waals surface area (Å²) < 4.78 is 24.2. The number of piperidine rings is 1. The summed E-state index contributed by atoms with van der Waals surface area (Å²) >= 11 is 0. The van der Waals surface area contributed by atoms with E-state index in [0.717, 1.165) is 6.42 Å². The molecular formula is C12H25N3O3S. The van der Waals surface area contributed by atoms with Gasteiger partial charge in [0.25, 0.3) is 0 Å². The molecule has 1 aliphatic rings. The summed E-state index contributed by atoms with van der Waals surface area (Å²) in [6.45, 7) is 4.64. The van der Waals surface area contributed by atoms with Crippen molar-refractivity contribution in [1.29, 1.82) is 0 Å². The van der Waals surface area contributed by atoms with Gasteiger partial charge >= 0.3 is 0 Å². The summed E-state index contributed by atoms with van der Waals surface area (Å²) in [5.41, 5.74) is 5.12. The van der Waals surface area contributed by atoms with Crippen molar-refractivity contribution in [1.82, 2.24) is 9.62 Å². The molecule has 0 aromatic carbocycles. The molecule has 1 unspecified atom stereocenters. The molecule has 0 radical (unpaired) electrons. The van der Waals surface area contributed by atoms with Crippen molar-refractivity contribution >= 4 is 15.9 Å². The van der Waals surface area contributed by atoms with Crippen LogP contribution in [0.5, 0.6) is 0 Å². The number of nitrogens with one attached hydrogen (secondary N) is 1. The lowest BCUT2D eigenvalue weighted by Gasteiger charge is -2.33. The molecule has 1 heterocycles. The van der Waals surface area contributed by atoms with Crippen LogP contribution in [-0.4, -0.2) is 49.6 Å². The SMILES string of the molecule is CCCC(C)(N)C(=O)NC1CCN(S(C)(=O)=O)CC1. The summed E-state index contributed by atoms with van der Waals surface area (Å²) in [4.78, 5) is 12.0. The van der Waals surface area contributed by atoms with Crippen LogP contribution in [0.2, 0.25) is 0 Å². The van der Waals surface area contributed by atoms with Gasteiger partial charge in [-0.2, -0.15) is 0 Å². The Hall–Kier alpha value is -0.660. The third kappa shape index (κ3) is 4.74. The van der Waals surface area contributed by atoms with E-state index >= 15 is 0 Å². The van der Waals surface area contributed by atoms with E-state index in [9.17, 15) is 13.2 Å². The van der Waals surface area contributed by atoms with E-state index < -0.39 is 15.6 Å². The van der Waals surface area contributed by atoms with Crippen LogP contribution in [0.1, 0.15) is 39.5 Å². The summed E-state index contributed by atoms with van der Waals surface area (Å²) in [5.74, 6) is -0.146. The van der Waals surface area contributed by atoms with Gasteiger partial charge in [0.05, 0.1) is 11.8 Å². The van der Waals surface area contributed by atoms with Gasteiger partial charge in [0.2, 0.25) is 15.9 Å². The predicted molar refractivity (Wildman–Crippen MR) is 75.1 cm³/mol. The molecule has 1 fully saturated rings.